The normalized spacial score (nSPS) is 39.3. The molecule has 0 aromatic rings. The Hall–Kier alpha value is -0.570. The predicted octanol–water partition coefficient (Wildman–Crippen LogP) is 2.04. The zero-order valence-corrected chi connectivity index (χ0v) is 11.2. The number of hydrogen-bond acceptors (Lipinski definition) is 2. The van der Waals surface area contributed by atoms with E-state index in [9.17, 15) is 4.79 Å². The third-order valence-electron chi connectivity index (χ3n) is 5.31. The molecule has 2 aliphatic carbocycles. The molecule has 0 spiro atoms. The molecule has 18 heavy (non-hydrogen) atoms. The number of nitrogens with zero attached hydrogens (tertiary/aromatic N) is 1. The molecule has 3 aliphatic rings. The van der Waals surface area contributed by atoms with Crippen molar-refractivity contribution in [2.24, 2.45) is 23.7 Å². The number of carbonyl (C=O) groups is 1. The summed E-state index contributed by atoms with van der Waals surface area (Å²) in [5.41, 5.74) is 0. The van der Waals surface area contributed by atoms with Crippen LogP contribution in [0.2, 0.25) is 0 Å². The van der Waals surface area contributed by atoms with E-state index in [1.807, 2.05) is 0 Å². The van der Waals surface area contributed by atoms with Crippen LogP contribution >= 0.6 is 0 Å². The molecule has 2 saturated carbocycles. The molecule has 1 heterocycles. The van der Waals surface area contributed by atoms with Gasteiger partial charge in [0.15, 0.2) is 0 Å². The van der Waals surface area contributed by atoms with Gasteiger partial charge in [0.2, 0.25) is 5.91 Å². The van der Waals surface area contributed by atoms with Gasteiger partial charge in [-0.15, -0.1) is 0 Å². The maximum absolute atomic E-state index is 12.5. The van der Waals surface area contributed by atoms with Crippen LogP contribution in [0.3, 0.4) is 0 Å². The van der Waals surface area contributed by atoms with Crippen molar-refractivity contribution in [3.05, 3.63) is 0 Å². The summed E-state index contributed by atoms with van der Waals surface area (Å²) in [4.78, 5) is 14.6. The molecule has 3 fully saturated rings. The fourth-order valence-electron chi connectivity index (χ4n) is 4.25. The van der Waals surface area contributed by atoms with Gasteiger partial charge in [0, 0.05) is 25.6 Å². The van der Waals surface area contributed by atoms with Crippen LogP contribution in [0.1, 0.15) is 44.9 Å². The lowest BCUT2D eigenvalue weighted by Gasteiger charge is -2.33. The van der Waals surface area contributed by atoms with E-state index >= 15 is 0 Å². The van der Waals surface area contributed by atoms with Crippen molar-refractivity contribution < 1.29 is 9.90 Å². The van der Waals surface area contributed by atoms with Gasteiger partial charge < -0.3 is 10.0 Å². The SMILES string of the molecule is O=C(C1C2CCCCC21)N1CCCC(CCO)C1. The van der Waals surface area contributed by atoms with Gasteiger partial charge in [-0.1, -0.05) is 12.8 Å². The highest BCUT2D eigenvalue weighted by molar-refractivity contribution is 5.82. The molecule has 3 atom stereocenters. The fraction of sp³-hybridized carbons (Fsp3) is 0.933. The van der Waals surface area contributed by atoms with Crippen LogP contribution in [0.5, 0.6) is 0 Å². The zero-order valence-electron chi connectivity index (χ0n) is 11.2. The van der Waals surface area contributed by atoms with Crippen molar-refractivity contribution in [1.29, 1.82) is 0 Å². The van der Waals surface area contributed by atoms with Crippen LogP contribution in [0.25, 0.3) is 0 Å². The first-order valence-electron chi connectivity index (χ1n) is 7.71. The van der Waals surface area contributed by atoms with Gasteiger partial charge >= 0.3 is 0 Å². The lowest BCUT2D eigenvalue weighted by atomic mass is 9.95. The second-order valence-corrected chi connectivity index (χ2v) is 6.44. The Morgan fingerprint density at radius 2 is 1.83 bits per heavy atom. The molecule has 3 rings (SSSR count). The van der Waals surface area contributed by atoms with Crippen LogP contribution in [0, 0.1) is 23.7 Å². The van der Waals surface area contributed by atoms with E-state index in [2.05, 4.69) is 4.90 Å². The molecule has 3 heteroatoms. The third kappa shape index (κ3) is 2.29. The number of hydrogen-bond donors (Lipinski definition) is 1. The molecule has 0 aromatic carbocycles. The number of carbonyl (C=O) groups excluding carboxylic acids is 1. The molecule has 1 aliphatic heterocycles. The second kappa shape index (κ2) is 5.20. The Morgan fingerprint density at radius 1 is 1.11 bits per heavy atom. The summed E-state index contributed by atoms with van der Waals surface area (Å²) in [6, 6.07) is 0. The van der Waals surface area contributed by atoms with Crippen LogP contribution in [-0.2, 0) is 4.79 Å². The summed E-state index contributed by atoms with van der Waals surface area (Å²) in [6.07, 6.45) is 8.40. The Balaban J connectivity index is 1.56. The van der Waals surface area contributed by atoms with E-state index in [1.54, 1.807) is 0 Å². The van der Waals surface area contributed by atoms with Crippen LogP contribution in [0.4, 0.5) is 0 Å². The molecule has 1 saturated heterocycles. The predicted molar refractivity (Wildman–Crippen MR) is 69.9 cm³/mol. The molecule has 3 unspecified atom stereocenters. The van der Waals surface area contributed by atoms with Gasteiger partial charge in [0.1, 0.15) is 0 Å². The van der Waals surface area contributed by atoms with Crippen LogP contribution in [0.15, 0.2) is 0 Å². The number of rotatable bonds is 3. The highest BCUT2D eigenvalue weighted by Gasteiger charge is 2.55. The Labute approximate surface area is 110 Å². The molecule has 3 nitrogen and oxygen atoms in total. The van der Waals surface area contributed by atoms with E-state index in [0.717, 1.165) is 37.8 Å². The lowest BCUT2D eigenvalue weighted by Crippen LogP contribution is -2.41. The van der Waals surface area contributed by atoms with Crippen molar-refractivity contribution in [2.75, 3.05) is 19.7 Å². The first-order valence-corrected chi connectivity index (χ1v) is 7.71. The maximum Gasteiger partial charge on any atom is 0.226 e. The van der Waals surface area contributed by atoms with E-state index in [4.69, 9.17) is 5.11 Å². The molecule has 0 radical (unpaired) electrons. The standard InChI is InChI=1S/C15H25NO2/c17-9-7-11-4-3-8-16(10-11)15(18)14-12-5-1-2-6-13(12)14/h11-14,17H,1-10H2. The molecule has 1 N–H and O–H groups in total. The summed E-state index contributed by atoms with van der Waals surface area (Å²) < 4.78 is 0. The monoisotopic (exact) mass is 251 g/mol. The van der Waals surface area contributed by atoms with Crippen molar-refractivity contribution in [2.45, 2.75) is 44.9 Å². The molecular formula is C15H25NO2. The summed E-state index contributed by atoms with van der Waals surface area (Å²) in [5, 5.41) is 9.03. The summed E-state index contributed by atoms with van der Waals surface area (Å²) in [5.74, 6) is 2.80. The molecule has 0 aromatic heterocycles. The zero-order chi connectivity index (χ0) is 12.5. The smallest absolute Gasteiger partial charge is 0.226 e. The van der Waals surface area contributed by atoms with Gasteiger partial charge in [-0.2, -0.15) is 0 Å². The maximum atomic E-state index is 12.5. The first-order chi connectivity index (χ1) is 8.81. The third-order valence-corrected chi connectivity index (χ3v) is 5.31. The van der Waals surface area contributed by atoms with Crippen molar-refractivity contribution in [3.8, 4) is 0 Å². The van der Waals surface area contributed by atoms with Gasteiger partial charge in [0.25, 0.3) is 0 Å². The topological polar surface area (TPSA) is 40.5 Å². The van der Waals surface area contributed by atoms with Crippen molar-refractivity contribution in [1.82, 2.24) is 4.90 Å². The van der Waals surface area contributed by atoms with Crippen LogP contribution < -0.4 is 0 Å². The lowest BCUT2D eigenvalue weighted by molar-refractivity contribution is -0.135. The summed E-state index contributed by atoms with van der Waals surface area (Å²) >= 11 is 0. The van der Waals surface area contributed by atoms with Crippen molar-refractivity contribution in [3.63, 3.8) is 0 Å². The van der Waals surface area contributed by atoms with Crippen molar-refractivity contribution >= 4 is 5.91 Å². The number of aliphatic hydroxyl groups excluding tert-OH is 1. The first kappa shape index (κ1) is 12.5. The number of piperidine rings is 1. The number of aliphatic hydroxyl groups is 1. The van der Waals surface area contributed by atoms with Gasteiger partial charge in [0.05, 0.1) is 0 Å². The Bertz CT molecular complexity index is 304. The Kier molecular flexibility index (Phi) is 3.60. The summed E-state index contributed by atoms with van der Waals surface area (Å²) in [6.45, 7) is 2.12. The molecule has 102 valence electrons. The number of amides is 1. The highest BCUT2D eigenvalue weighted by Crippen LogP contribution is 2.56. The minimum atomic E-state index is 0.265. The summed E-state index contributed by atoms with van der Waals surface area (Å²) in [7, 11) is 0. The minimum Gasteiger partial charge on any atom is -0.396 e. The quantitative estimate of drug-likeness (QED) is 0.834. The van der Waals surface area contributed by atoms with Crippen LogP contribution in [-0.4, -0.2) is 35.6 Å². The van der Waals surface area contributed by atoms with E-state index in [0.29, 0.717) is 17.7 Å². The largest absolute Gasteiger partial charge is 0.396 e. The van der Waals surface area contributed by atoms with Gasteiger partial charge in [-0.3, -0.25) is 4.79 Å². The fourth-order valence-corrected chi connectivity index (χ4v) is 4.25. The molecular weight excluding hydrogens is 226 g/mol. The van der Waals surface area contributed by atoms with E-state index in [-0.39, 0.29) is 6.61 Å². The average Bonchev–Trinajstić information content (AvgIpc) is 3.13. The average molecular weight is 251 g/mol. The minimum absolute atomic E-state index is 0.265. The number of fused-ring (bicyclic) bond motifs is 1. The van der Waals surface area contributed by atoms with E-state index < -0.39 is 0 Å². The molecule has 1 amide bonds. The highest BCUT2D eigenvalue weighted by atomic mass is 16.3. The second-order valence-electron chi connectivity index (χ2n) is 6.44. The van der Waals surface area contributed by atoms with Gasteiger partial charge in [-0.05, 0) is 49.9 Å². The Morgan fingerprint density at radius 3 is 2.50 bits per heavy atom. The van der Waals surface area contributed by atoms with E-state index in [1.165, 1.54) is 32.1 Å². The van der Waals surface area contributed by atoms with Gasteiger partial charge in [-0.25, -0.2) is 0 Å². The molecule has 0 bridgehead atoms. The number of likely N-dealkylation sites (tertiary alicyclic amines) is 1.